The van der Waals surface area contributed by atoms with Gasteiger partial charge in [-0.25, -0.2) is 4.68 Å². The third kappa shape index (κ3) is 3.22. The van der Waals surface area contributed by atoms with E-state index in [-0.39, 0.29) is 10.6 Å². The number of allylic oxidation sites excluding steroid dienone is 1. The predicted molar refractivity (Wildman–Crippen MR) is 82.3 cm³/mol. The van der Waals surface area contributed by atoms with E-state index in [0.29, 0.717) is 12.5 Å². The topological polar surface area (TPSA) is 64.2 Å². The minimum absolute atomic E-state index is 0.249. The summed E-state index contributed by atoms with van der Waals surface area (Å²) in [5, 5.41) is 4.40. The molecular weight excluding hydrogens is 276 g/mol. The summed E-state index contributed by atoms with van der Waals surface area (Å²) < 4.78 is 1.32. The molecule has 0 spiro atoms. The first-order valence-corrected chi connectivity index (χ1v) is 7.36. The smallest absolute Gasteiger partial charge is 0.287 e. The lowest BCUT2D eigenvalue weighted by Gasteiger charge is -2.33. The molecule has 0 unspecified atom stereocenters. The van der Waals surface area contributed by atoms with Gasteiger partial charge in [-0.3, -0.25) is 4.79 Å². The number of aromatic nitrogens is 2. The van der Waals surface area contributed by atoms with Gasteiger partial charge in [0, 0.05) is 13.1 Å². The van der Waals surface area contributed by atoms with E-state index >= 15 is 0 Å². The van der Waals surface area contributed by atoms with Crippen molar-refractivity contribution in [1.29, 1.82) is 0 Å². The van der Waals surface area contributed by atoms with Gasteiger partial charge in [-0.05, 0) is 31.7 Å². The van der Waals surface area contributed by atoms with Crippen LogP contribution in [0, 0.1) is 5.92 Å². The zero-order valence-electron chi connectivity index (χ0n) is 11.6. The van der Waals surface area contributed by atoms with Crippen LogP contribution in [-0.2, 0) is 6.54 Å². The zero-order valence-corrected chi connectivity index (χ0v) is 12.4. The van der Waals surface area contributed by atoms with E-state index in [0.717, 1.165) is 44.6 Å². The Hall–Kier alpha value is -1.33. The molecule has 0 bridgehead atoms. The molecule has 5 nitrogen and oxygen atoms in total. The Morgan fingerprint density at radius 1 is 1.50 bits per heavy atom. The zero-order chi connectivity index (χ0) is 14.5. The highest BCUT2D eigenvalue weighted by Crippen LogP contribution is 2.27. The number of halogens is 1. The highest BCUT2D eigenvalue weighted by atomic mass is 35.5. The van der Waals surface area contributed by atoms with Gasteiger partial charge in [0.2, 0.25) is 0 Å². The molecule has 1 aromatic heterocycles. The first kappa shape index (κ1) is 15.1. The Kier molecular flexibility index (Phi) is 5.20. The van der Waals surface area contributed by atoms with Gasteiger partial charge in [0.25, 0.3) is 5.56 Å². The van der Waals surface area contributed by atoms with Gasteiger partial charge >= 0.3 is 0 Å². The minimum atomic E-state index is -0.256. The molecular formula is C14H21ClN4O. The average Bonchev–Trinajstić information content (AvgIpc) is 2.46. The molecule has 2 rings (SSSR count). The van der Waals surface area contributed by atoms with Crippen molar-refractivity contribution in [2.75, 3.05) is 24.5 Å². The van der Waals surface area contributed by atoms with Crippen LogP contribution < -0.4 is 16.2 Å². The van der Waals surface area contributed by atoms with Crippen LogP contribution in [0.25, 0.3) is 0 Å². The molecule has 0 aromatic carbocycles. The van der Waals surface area contributed by atoms with Crippen LogP contribution in [0.3, 0.4) is 0 Å². The Labute approximate surface area is 124 Å². The summed E-state index contributed by atoms with van der Waals surface area (Å²) in [7, 11) is 0. The largest absolute Gasteiger partial charge is 0.369 e. The van der Waals surface area contributed by atoms with E-state index in [9.17, 15) is 4.79 Å². The fourth-order valence-electron chi connectivity index (χ4n) is 2.63. The molecule has 2 N–H and O–H groups in total. The van der Waals surface area contributed by atoms with E-state index in [1.165, 1.54) is 4.68 Å². The Morgan fingerprint density at radius 3 is 2.80 bits per heavy atom. The minimum Gasteiger partial charge on any atom is -0.369 e. The van der Waals surface area contributed by atoms with Crippen LogP contribution in [0.2, 0.25) is 5.02 Å². The van der Waals surface area contributed by atoms with Crippen LogP contribution in [0.15, 0.2) is 23.6 Å². The Morgan fingerprint density at radius 2 is 2.20 bits per heavy atom. The van der Waals surface area contributed by atoms with Crippen molar-refractivity contribution in [3.63, 3.8) is 0 Å². The molecule has 20 heavy (non-hydrogen) atoms. The molecule has 2 heterocycles. The number of piperidine rings is 1. The number of nitrogens with zero attached hydrogens (tertiary/aromatic N) is 3. The second-order valence-electron chi connectivity index (χ2n) is 5.13. The fraction of sp³-hybridized carbons (Fsp3) is 0.571. The number of hydrogen-bond donors (Lipinski definition) is 1. The molecule has 1 fully saturated rings. The Bertz CT molecular complexity index is 520. The van der Waals surface area contributed by atoms with Gasteiger partial charge in [0.15, 0.2) is 0 Å². The van der Waals surface area contributed by atoms with E-state index in [4.69, 9.17) is 17.3 Å². The van der Waals surface area contributed by atoms with Gasteiger partial charge in [-0.2, -0.15) is 5.10 Å². The lowest BCUT2D eigenvalue weighted by atomic mass is 9.93. The number of anilines is 1. The fourth-order valence-corrected chi connectivity index (χ4v) is 2.89. The van der Waals surface area contributed by atoms with Gasteiger partial charge < -0.3 is 10.6 Å². The number of hydrogen-bond acceptors (Lipinski definition) is 4. The Balaban J connectivity index is 2.12. The summed E-state index contributed by atoms with van der Waals surface area (Å²) in [5.41, 5.74) is 6.08. The average molecular weight is 297 g/mol. The van der Waals surface area contributed by atoms with Crippen molar-refractivity contribution in [1.82, 2.24) is 9.78 Å². The number of nitrogens with two attached hydrogens (primary N) is 1. The molecule has 1 aliphatic heterocycles. The van der Waals surface area contributed by atoms with E-state index in [1.807, 2.05) is 0 Å². The highest BCUT2D eigenvalue weighted by molar-refractivity contribution is 6.33. The molecule has 1 saturated heterocycles. The second kappa shape index (κ2) is 6.90. The SMILES string of the molecule is C=CCn1ncc(N2CCC(CCN)CC2)c(Cl)c1=O. The van der Waals surface area contributed by atoms with Crippen molar-refractivity contribution >= 4 is 17.3 Å². The molecule has 0 radical (unpaired) electrons. The summed E-state index contributed by atoms with van der Waals surface area (Å²) in [5.74, 6) is 0.684. The highest BCUT2D eigenvalue weighted by Gasteiger charge is 2.22. The van der Waals surface area contributed by atoms with Crippen LogP contribution in [-0.4, -0.2) is 29.4 Å². The van der Waals surface area contributed by atoms with Gasteiger partial charge in [-0.1, -0.05) is 17.7 Å². The third-order valence-corrected chi connectivity index (χ3v) is 4.15. The molecule has 110 valence electrons. The van der Waals surface area contributed by atoms with Crippen molar-refractivity contribution in [2.24, 2.45) is 11.7 Å². The van der Waals surface area contributed by atoms with Crippen LogP contribution in [0.4, 0.5) is 5.69 Å². The van der Waals surface area contributed by atoms with Crippen LogP contribution in [0.1, 0.15) is 19.3 Å². The molecule has 0 atom stereocenters. The van der Waals surface area contributed by atoms with E-state index < -0.39 is 0 Å². The normalized spacial score (nSPS) is 16.4. The molecule has 0 amide bonds. The third-order valence-electron chi connectivity index (χ3n) is 3.80. The van der Waals surface area contributed by atoms with Gasteiger partial charge in [-0.15, -0.1) is 6.58 Å². The maximum absolute atomic E-state index is 12.1. The molecule has 6 heteroatoms. The standard InChI is InChI=1S/C14H21ClN4O/c1-2-7-19-14(20)13(15)12(10-17-19)18-8-4-11(3-6-16)5-9-18/h2,10-11H,1,3-9,16H2. The maximum Gasteiger partial charge on any atom is 0.287 e. The summed E-state index contributed by atoms with van der Waals surface area (Å²) >= 11 is 6.20. The molecule has 0 aliphatic carbocycles. The first-order chi connectivity index (χ1) is 9.67. The first-order valence-electron chi connectivity index (χ1n) is 6.99. The lowest BCUT2D eigenvalue weighted by molar-refractivity contribution is 0.386. The summed E-state index contributed by atoms with van der Waals surface area (Å²) in [6, 6.07) is 0. The second-order valence-corrected chi connectivity index (χ2v) is 5.51. The molecule has 1 aliphatic rings. The summed E-state index contributed by atoms with van der Waals surface area (Å²) in [6.07, 6.45) is 6.55. The van der Waals surface area contributed by atoms with Gasteiger partial charge in [0.05, 0.1) is 18.4 Å². The van der Waals surface area contributed by atoms with Crippen molar-refractivity contribution in [3.8, 4) is 0 Å². The lowest BCUT2D eigenvalue weighted by Crippen LogP contribution is -2.36. The van der Waals surface area contributed by atoms with E-state index in [2.05, 4.69) is 16.6 Å². The molecule has 1 aromatic rings. The summed E-state index contributed by atoms with van der Waals surface area (Å²) in [4.78, 5) is 14.2. The monoisotopic (exact) mass is 296 g/mol. The van der Waals surface area contributed by atoms with Gasteiger partial charge in [0.1, 0.15) is 5.02 Å². The quantitative estimate of drug-likeness (QED) is 0.839. The van der Waals surface area contributed by atoms with Crippen LogP contribution in [0.5, 0.6) is 0 Å². The van der Waals surface area contributed by atoms with E-state index in [1.54, 1.807) is 12.3 Å². The number of rotatable bonds is 5. The molecule has 0 saturated carbocycles. The van der Waals surface area contributed by atoms with Crippen molar-refractivity contribution in [3.05, 3.63) is 34.2 Å². The van der Waals surface area contributed by atoms with Crippen LogP contribution >= 0.6 is 11.6 Å². The predicted octanol–water partition coefficient (Wildman–Crippen LogP) is 1.65. The van der Waals surface area contributed by atoms with Crippen molar-refractivity contribution in [2.45, 2.75) is 25.8 Å². The maximum atomic E-state index is 12.1. The van der Waals surface area contributed by atoms with Crippen molar-refractivity contribution < 1.29 is 0 Å². The summed E-state index contributed by atoms with van der Waals surface area (Å²) in [6.45, 7) is 6.51.